The van der Waals surface area contributed by atoms with Crippen LogP contribution in [0, 0.1) is 3.57 Å². The van der Waals surface area contributed by atoms with Gasteiger partial charge in [0.15, 0.2) is 5.78 Å². The van der Waals surface area contributed by atoms with Crippen molar-refractivity contribution in [3.63, 3.8) is 0 Å². The van der Waals surface area contributed by atoms with Gasteiger partial charge >= 0.3 is 6.18 Å². The van der Waals surface area contributed by atoms with E-state index < -0.39 is 17.5 Å². The Labute approximate surface area is 106 Å². The maximum absolute atomic E-state index is 12.5. The topological polar surface area (TPSA) is 17.1 Å². The molecule has 6 heteroatoms. The van der Waals surface area contributed by atoms with E-state index in [9.17, 15) is 18.0 Å². The van der Waals surface area contributed by atoms with Crippen LogP contribution in [0.3, 0.4) is 0 Å². The first-order valence-electron chi connectivity index (χ1n) is 3.81. The third-order valence-electron chi connectivity index (χ3n) is 1.75. The third kappa shape index (κ3) is 2.72. The van der Waals surface area contributed by atoms with Gasteiger partial charge in [0, 0.05) is 13.6 Å². The quantitative estimate of drug-likeness (QED) is 0.515. The molecule has 82 valence electrons. The molecule has 0 spiro atoms. The molecule has 0 radical (unpaired) electrons. The van der Waals surface area contributed by atoms with Crippen molar-refractivity contribution in [2.24, 2.45) is 0 Å². The molecule has 0 bridgehead atoms. The number of hydrogen-bond donors (Lipinski definition) is 0. The summed E-state index contributed by atoms with van der Waals surface area (Å²) in [7, 11) is 0. The summed E-state index contributed by atoms with van der Waals surface area (Å²) in [5.74, 6) is -0.391. The standard InChI is InChI=1S/C9H5BrF3IO/c1-4(15)7-6(14)3-2-5(8(7)10)9(11,12)13/h2-3H,1H3. The zero-order valence-electron chi connectivity index (χ0n) is 7.45. The molecular weight excluding hydrogens is 388 g/mol. The minimum atomic E-state index is -4.45. The molecule has 0 fully saturated rings. The Bertz CT molecular complexity index is 415. The normalized spacial score (nSPS) is 11.6. The van der Waals surface area contributed by atoms with Crippen LogP contribution in [-0.4, -0.2) is 5.78 Å². The second-order valence-corrected chi connectivity index (χ2v) is 4.79. The molecule has 15 heavy (non-hydrogen) atoms. The van der Waals surface area contributed by atoms with Crippen LogP contribution in [-0.2, 0) is 6.18 Å². The van der Waals surface area contributed by atoms with Crippen molar-refractivity contribution >= 4 is 44.3 Å². The molecule has 0 amide bonds. The maximum atomic E-state index is 12.5. The van der Waals surface area contributed by atoms with Crippen LogP contribution in [0.25, 0.3) is 0 Å². The highest BCUT2D eigenvalue weighted by atomic mass is 127. The van der Waals surface area contributed by atoms with Crippen LogP contribution in [0.15, 0.2) is 16.6 Å². The molecule has 0 aliphatic rings. The molecule has 0 aromatic heterocycles. The Morgan fingerprint density at radius 1 is 1.40 bits per heavy atom. The van der Waals surface area contributed by atoms with E-state index in [1.54, 1.807) is 0 Å². The summed E-state index contributed by atoms with van der Waals surface area (Å²) in [6.07, 6.45) is -4.45. The summed E-state index contributed by atoms with van der Waals surface area (Å²) in [6.45, 7) is 1.24. The van der Waals surface area contributed by atoms with Gasteiger partial charge in [-0.3, -0.25) is 4.79 Å². The summed E-state index contributed by atoms with van der Waals surface area (Å²) < 4.78 is 37.8. The highest BCUT2D eigenvalue weighted by Crippen LogP contribution is 2.38. The van der Waals surface area contributed by atoms with E-state index in [0.29, 0.717) is 3.57 Å². The monoisotopic (exact) mass is 392 g/mol. The first-order valence-corrected chi connectivity index (χ1v) is 5.68. The lowest BCUT2D eigenvalue weighted by Crippen LogP contribution is -2.10. The van der Waals surface area contributed by atoms with Gasteiger partial charge in [-0.2, -0.15) is 13.2 Å². The average molecular weight is 393 g/mol. The Kier molecular flexibility index (Phi) is 3.80. The van der Waals surface area contributed by atoms with E-state index in [2.05, 4.69) is 15.9 Å². The zero-order valence-corrected chi connectivity index (χ0v) is 11.2. The summed E-state index contributed by atoms with van der Waals surface area (Å²) >= 11 is 4.65. The molecule has 1 aromatic carbocycles. The number of benzene rings is 1. The van der Waals surface area contributed by atoms with Crippen molar-refractivity contribution in [1.29, 1.82) is 0 Å². The average Bonchev–Trinajstić information content (AvgIpc) is 2.00. The minimum Gasteiger partial charge on any atom is -0.294 e. The van der Waals surface area contributed by atoms with Gasteiger partial charge in [0.1, 0.15) is 0 Å². The SMILES string of the molecule is CC(=O)c1c(I)ccc(C(F)(F)F)c1Br. The molecular formula is C9H5BrF3IO. The number of hydrogen-bond acceptors (Lipinski definition) is 1. The van der Waals surface area contributed by atoms with Crippen molar-refractivity contribution in [3.05, 3.63) is 31.3 Å². The Morgan fingerprint density at radius 3 is 2.33 bits per heavy atom. The molecule has 1 aromatic rings. The van der Waals surface area contributed by atoms with Crippen LogP contribution in [0.5, 0.6) is 0 Å². The summed E-state index contributed by atoms with van der Waals surface area (Å²) in [5.41, 5.74) is -0.751. The molecule has 0 heterocycles. The van der Waals surface area contributed by atoms with Crippen LogP contribution < -0.4 is 0 Å². The maximum Gasteiger partial charge on any atom is 0.417 e. The largest absolute Gasteiger partial charge is 0.417 e. The highest BCUT2D eigenvalue weighted by Gasteiger charge is 2.34. The molecule has 0 atom stereocenters. The molecule has 0 saturated heterocycles. The Balaban J connectivity index is 3.49. The zero-order chi connectivity index (χ0) is 11.8. The second kappa shape index (κ2) is 4.40. The van der Waals surface area contributed by atoms with Gasteiger partial charge in [-0.25, -0.2) is 0 Å². The molecule has 0 unspecified atom stereocenters. The smallest absolute Gasteiger partial charge is 0.294 e. The number of carbonyl (C=O) groups excluding carboxylic acids is 1. The Hall–Kier alpha value is -0.110. The van der Waals surface area contributed by atoms with E-state index in [1.807, 2.05) is 22.6 Å². The molecule has 0 saturated carbocycles. The van der Waals surface area contributed by atoms with E-state index in [-0.39, 0.29) is 10.0 Å². The van der Waals surface area contributed by atoms with Crippen molar-refractivity contribution in [1.82, 2.24) is 0 Å². The number of carbonyl (C=O) groups is 1. The first kappa shape index (κ1) is 13.0. The van der Waals surface area contributed by atoms with Crippen molar-refractivity contribution < 1.29 is 18.0 Å². The molecule has 0 aliphatic heterocycles. The fourth-order valence-electron chi connectivity index (χ4n) is 1.09. The van der Waals surface area contributed by atoms with Gasteiger partial charge < -0.3 is 0 Å². The number of alkyl halides is 3. The van der Waals surface area contributed by atoms with E-state index in [1.165, 1.54) is 13.0 Å². The van der Waals surface area contributed by atoms with Crippen molar-refractivity contribution in [2.45, 2.75) is 13.1 Å². The fourth-order valence-corrected chi connectivity index (χ4v) is 3.14. The summed E-state index contributed by atoms with van der Waals surface area (Å²) in [5, 5.41) is 0. The lowest BCUT2D eigenvalue weighted by molar-refractivity contribution is -0.138. The highest BCUT2D eigenvalue weighted by molar-refractivity contribution is 14.1. The number of Topliss-reactive ketones (excluding diaryl/α,β-unsaturated/α-hetero) is 1. The van der Waals surface area contributed by atoms with Gasteiger partial charge in [0.2, 0.25) is 0 Å². The lowest BCUT2D eigenvalue weighted by atomic mass is 10.1. The van der Waals surface area contributed by atoms with E-state index >= 15 is 0 Å². The Morgan fingerprint density at radius 2 is 1.93 bits per heavy atom. The van der Waals surface area contributed by atoms with Gasteiger partial charge in [-0.05, 0) is 57.6 Å². The number of halogens is 5. The van der Waals surface area contributed by atoms with Crippen LogP contribution in [0.4, 0.5) is 13.2 Å². The second-order valence-electron chi connectivity index (χ2n) is 2.84. The molecule has 1 nitrogen and oxygen atoms in total. The van der Waals surface area contributed by atoms with Gasteiger partial charge in [0.05, 0.1) is 5.56 Å². The minimum absolute atomic E-state index is 0.0745. The van der Waals surface area contributed by atoms with Gasteiger partial charge in [0.25, 0.3) is 0 Å². The molecule has 0 aliphatic carbocycles. The first-order chi connectivity index (χ1) is 6.75. The van der Waals surface area contributed by atoms with E-state index in [4.69, 9.17) is 0 Å². The third-order valence-corrected chi connectivity index (χ3v) is 3.47. The number of ketones is 1. The van der Waals surface area contributed by atoms with E-state index in [0.717, 1.165) is 6.07 Å². The van der Waals surface area contributed by atoms with Crippen molar-refractivity contribution in [3.8, 4) is 0 Å². The van der Waals surface area contributed by atoms with Gasteiger partial charge in [-0.15, -0.1) is 0 Å². The molecule has 1 rings (SSSR count). The summed E-state index contributed by atoms with van der Waals surface area (Å²) in [6, 6.07) is 2.24. The molecule has 0 N–H and O–H groups in total. The van der Waals surface area contributed by atoms with Crippen molar-refractivity contribution in [2.75, 3.05) is 0 Å². The van der Waals surface area contributed by atoms with Crippen LogP contribution in [0.1, 0.15) is 22.8 Å². The lowest BCUT2D eigenvalue weighted by Gasteiger charge is -2.12. The number of rotatable bonds is 1. The predicted octanol–water partition coefficient (Wildman–Crippen LogP) is 4.28. The van der Waals surface area contributed by atoms with Gasteiger partial charge in [-0.1, -0.05) is 0 Å². The van der Waals surface area contributed by atoms with Crippen LogP contribution >= 0.6 is 38.5 Å². The summed E-state index contributed by atoms with van der Waals surface area (Å²) in [4.78, 5) is 11.2. The predicted molar refractivity (Wildman–Crippen MR) is 61.9 cm³/mol. The van der Waals surface area contributed by atoms with Crippen LogP contribution in [0.2, 0.25) is 0 Å². The fraction of sp³-hybridized carbons (Fsp3) is 0.222.